The molecular weight excluding hydrogens is 186 g/mol. The third-order valence-electron chi connectivity index (χ3n) is 3.85. The van der Waals surface area contributed by atoms with Crippen molar-refractivity contribution in [3.05, 3.63) is 29.3 Å². The molecular formula is C13H19NO. The molecule has 0 spiro atoms. The Bertz CT molecular complexity index is 371. The molecule has 2 heteroatoms. The second-order valence-electron chi connectivity index (χ2n) is 5.03. The van der Waals surface area contributed by atoms with Crippen LogP contribution in [0.1, 0.15) is 31.4 Å². The van der Waals surface area contributed by atoms with Gasteiger partial charge in [-0.05, 0) is 54.0 Å². The van der Waals surface area contributed by atoms with E-state index in [1.54, 1.807) is 6.07 Å². The van der Waals surface area contributed by atoms with Crippen LogP contribution in [0, 0.1) is 5.92 Å². The molecule has 0 heterocycles. The highest BCUT2D eigenvalue weighted by Gasteiger charge is 2.35. The van der Waals surface area contributed by atoms with E-state index in [-0.39, 0.29) is 5.41 Å². The zero-order valence-corrected chi connectivity index (χ0v) is 9.46. The Kier molecular flexibility index (Phi) is 2.47. The van der Waals surface area contributed by atoms with Crippen LogP contribution in [-0.4, -0.2) is 11.7 Å². The lowest BCUT2D eigenvalue weighted by Gasteiger charge is -2.40. The number of phenols is 1. The summed E-state index contributed by atoms with van der Waals surface area (Å²) in [7, 11) is 0. The molecule has 2 rings (SSSR count). The Morgan fingerprint density at radius 3 is 2.87 bits per heavy atom. The number of nitrogens with two attached hydrogens (primary N) is 1. The molecule has 1 aliphatic rings. The molecule has 0 fully saturated rings. The molecule has 1 aromatic rings. The van der Waals surface area contributed by atoms with Crippen LogP contribution < -0.4 is 5.73 Å². The van der Waals surface area contributed by atoms with Gasteiger partial charge in [-0.3, -0.25) is 0 Å². The Hall–Kier alpha value is -1.02. The maximum atomic E-state index is 9.46. The normalized spacial score (nSPS) is 23.5. The zero-order valence-electron chi connectivity index (χ0n) is 9.46. The van der Waals surface area contributed by atoms with E-state index in [0.717, 1.165) is 19.4 Å². The largest absolute Gasteiger partial charge is 0.508 e. The molecule has 15 heavy (non-hydrogen) atoms. The molecule has 0 saturated heterocycles. The summed E-state index contributed by atoms with van der Waals surface area (Å²) in [5.41, 5.74) is 8.58. The van der Waals surface area contributed by atoms with Crippen molar-refractivity contribution in [2.24, 2.45) is 11.7 Å². The van der Waals surface area contributed by atoms with E-state index in [4.69, 9.17) is 5.73 Å². The summed E-state index contributed by atoms with van der Waals surface area (Å²) in [6, 6.07) is 5.72. The minimum atomic E-state index is 0.135. The van der Waals surface area contributed by atoms with E-state index in [2.05, 4.69) is 13.8 Å². The van der Waals surface area contributed by atoms with Crippen LogP contribution >= 0.6 is 0 Å². The first-order valence-corrected chi connectivity index (χ1v) is 5.58. The Morgan fingerprint density at radius 2 is 2.20 bits per heavy atom. The van der Waals surface area contributed by atoms with Crippen molar-refractivity contribution in [3.8, 4) is 5.75 Å². The van der Waals surface area contributed by atoms with Gasteiger partial charge in [0.25, 0.3) is 0 Å². The summed E-state index contributed by atoms with van der Waals surface area (Å²) in [5.74, 6) is 0.922. The highest BCUT2D eigenvalue weighted by Crippen LogP contribution is 2.41. The summed E-state index contributed by atoms with van der Waals surface area (Å²) >= 11 is 0. The number of aryl methyl sites for hydroxylation is 1. The summed E-state index contributed by atoms with van der Waals surface area (Å²) in [4.78, 5) is 0. The first-order chi connectivity index (χ1) is 7.05. The zero-order chi connectivity index (χ0) is 11.1. The van der Waals surface area contributed by atoms with Crippen molar-refractivity contribution >= 4 is 0 Å². The third kappa shape index (κ3) is 1.63. The minimum absolute atomic E-state index is 0.135. The number of hydrogen-bond donors (Lipinski definition) is 2. The topological polar surface area (TPSA) is 46.2 Å². The predicted octanol–water partition coefficient (Wildman–Crippen LogP) is 2.19. The van der Waals surface area contributed by atoms with E-state index >= 15 is 0 Å². The van der Waals surface area contributed by atoms with E-state index < -0.39 is 0 Å². The number of rotatable bonds is 1. The van der Waals surface area contributed by atoms with Crippen molar-refractivity contribution in [2.75, 3.05) is 6.54 Å². The molecule has 3 N–H and O–H groups in total. The number of fused-ring (bicyclic) bond motifs is 1. The maximum absolute atomic E-state index is 9.46. The maximum Gasteiger partial charge on any atom is 0.115 e. The Balaban J connectivity index is 2.47. The van der Waals surface area contributed by atoms with Gasteiger partial charge in [-0.25, -0.2) is 0 Å². The lowest BCUT2D eigenvalue weighted by molar-refractivity contribution is 0.285. The quantitative estimate of drug-likeness (QED) is 0.738. The van der Waals surface area contributed by atoms with E-state index in [0.29, 0.717) is 11.7 Å². The molecule has 0 radical (unpaired) electrons. The fourth-order valence-electron chi connectivity index (χ4n) is 2.74. The molecule has 0 bridgehead atoms. The smallest absolute Gasteiger partial charge is 0.115 e. The van der Waals surface area contributed by atoms with Crippen molar-refractivity contribution in [1.82, 2.24) is 0 Å². The Labute approximate surface area is 91.1 Å². The van der Waals surface area contributed by atoms with Gasteiger partial charge in [0.1, 0.15) is 5.75 Å². The van der Waals surface area contributed by atoms with Gasteiger partial charge in [-0.15, -0.1) is 0 Å². The van der Waals surface area contributed by atoms with Crippen molar-refractivity contribution in [2.45, 2.75) is 32.1 Å². The lowest BCUT2D eigenvalue weighted by atomic mass is 9.65. The van der Waals surface area contributed by atoms with Crippen LogP contribution in [-0.2, 0) is 11.8 Å². The fourth-order valence-corrected chi connectivity index (χ4v) is 2.74. The second kappa shape index (κ2) is 3.53. The van der Waals surface area contributed by atoms with E-state index in [1.807, 2.05) is 12.1 Å². The van der Waals surface area contributed by atoms with E-state index in [9.17, 15) is 5.11 Å². The molecule has 0 amide bonds. The second-order valence-corrected chi connectivity index (χ2v) is 5.03. The van der Waals surface area contributed by atoms with E-state index in [1.165, 1.54) is 11.1 Å². The summed E-state index contributed by atoms with van der Waals surface area (Å²) in [6.45, 7) is 5.24. The number of phenolic OH excluding ortho intramolecular Hbond substituents is 1. The lowest BCUT2D eigenvalue weighted by Crippen LogP contribution is -2.38. The van der Waals surface area contributed by atoms with Gasteiger partial charge in [-0.2, -0.15) is 0 Å². The fraction of sp³-hybridized carbons (Fsp3) is 0.538. The number of hydrogen-bond acceptors (Lipinski definition) is 2. The molecule has 1 aromatic carbocycles. The van der Waals surface area contributed by atoms with Gasteiger partial charge in [-0.1, -0.05) is 19.9 Å². The summed E-state index contributed by atoms with van der Waals surface area (Å²) in [6.07, 6.45) is 2.16. The average molecular weight is 205 g/mol. The average Bonchev–Trinajstić information content (AvgIpc) is 2.17. The molecule has 1 atom stereocenters. The SMILES string of the molecule is CC1(C)c2ccc(O)cc2CCC1CN. The van der Waals surface area contributed by atoms with Crippen molar-refractivity contribution < 1.29 is 5.11 Å². The first-order valence-electron chi connectivity index (χ1n) is 5.58. The van der Waals surface area contributed by atoms with Crippen LogP contribution in [0.4, 0.5) is 0 Å². The van der Waals surface area contributed by atoms with Crippen LogP contribution in [0.2, 0.25) is 0 Å². The van der Waals surface area contributed by atoms with Crippen LogP contribution in [0.5, 0.6) is 5.75 Å². The van der Waals surface area contributed by atoms with Gasteiger partial charge in [0.15, 0.2) is 0 Å². The van der Waals surface area contributed by atoms with Crippen molar-refractivity contribution in [3.63, 3.8) is 0 Å². The molecule has 2 nitrogen and oxygen atoms in total. The molecule has 1 unspecified atom stereocenters. The first kappa shape index (κ1) is 10.5. The predicted molar refractivity (Wildman–Crippen MR) is 62.0 cm³/mol. The molecule has 0 aliphatic heterocycles. The molecule has 1 aliphatic carbocycles. The van der Waals surface area contributed by atoms with Gasteiger partial charge in [0, 0.05) is 0 Å². The van der Waals surface area contributed by atoms with Crippen LogP contribution in [0.15, 0.2) is 18.2 Å². The molecule has 82 valence electrons. The van der Waals surface area contributed by atoms with Gasteiger partial charge >= 0.3 is 0 Å². The highest BCUT2D eigenvalue weighted by atomic mass is 16.3. The molecule has 0 saturated carbocycles. The monoisotopic (exact) mass is 205 g/mol. The standard InChI is InChI=1S/C13H19NO/c1-13(2)10(8-14)4-3-9-7-11(15)5-6-12(9)13/h5-7,10,15H,3-4,8,14H2,1-2H3. The minimum Gasteiger partial charge on any atom is -0.508 e. The third-order valence-corrected chi connectivity index (χ3v) is 3.85. The Morgan fingerprint density at radius 1 is 1.47 bits per heavy atom. The van der Waals surface area contributed by atoms with Gasteiger partial charge in [0.05, 0.1) is 0 Å². The van der Waals surface area contributed by atoms with Gasteiger partial charge in [0.2, 0.25) is 0 Å². The summed E-state index contributed by atoms with van der Waals surface area (Å²) in [5, 5.41) is 9.46. The highest BCUT2D eigenvalue weighted by molar-refractivity contribution is 5.41. The molecule has 0 aromatic heterocycles. The van der Waals surface area contributed by atoms with Crippen LogP contribution in [0.25, 0.3) is 0 Å². The number of benzene rings is 1. The van der Waals surface area contributed by atoms with Crippen molar-refractivity contribution in [1.29, 1.82) is 0 Å². The summed E-state index contributed by atoms with van der Waals surface area (Å²) < 4.78 is 0. The van der Waals surface area contributed by atoms with Gasteiger partial charge < -0.3 is 10.8 Å². The number of aromatic hydroxyl groups is 1. The van der Waals surface area contributed by atoms with Crippen LogP contribution in [0.3, 0.4) is 0 Å².